The lowest BCUT2D eigenvalue weighted by molar-refractivity contribution is 0.305. The highest BCUT2D eigenvalue weighted by atomic mass is 35.5. The molecule has 78 valence electrons. The van der Waals surface area contributed by atoms with Crippen molar-refractivity contribution in [3.05, 3.63) is 23.5 Å². The van der Waals surface area contributed by atoms with Crippen LogP contribution in [-0.4, -0.2) is 11.6 Å². The second-order valence-corrected chi connectivity index (χ2v) is 3.61. The van der Waals surface area contributed by atoms with Crippen LogP contribution >= 0.6 is 11.6 Å². The third-order valence-electron chi connectivity index (χ3n) is 1.96. The Morgan fingerprint density at radius 3 is 2.93 bits per heavy atom. The minimum absolute atomic E-state index is 0.482. The van der Waals surface area contributed by atoms with Crippen molar-refractivity contribution in [2.75, 3.05) is 6.61 Å². The highest BCUT2D eigenvalue weighted by Gasteiger charge is 1.95. The Labute approximate surface area is 90.3 Å². The summed E-state index contributed by atoms with van der Waals surface area (Å²) in [4.78, 5) is 3.88. The van der Waals surface area contributed by atoms with E-state index in [9.17, 15) is 0 Å². The molecule has 0 radical (unpaired) electrons. The number of unbranched alkanes of at least 4 members (excludes halogenated alkanes) is 3. The van der Waals surface area contributed by atoms with E-state index in [0.29, 0.717) is 5.15 Å². The van der Waals surface area contributed by atoms with E-state index in [1.807, 2.05) is 6.07 Å². The summed E-state index contributed by atoms with van der Waals surface area (Å²) in [7, 11) is 0. The normalized spacial score (nSPS) is 10.1. The zero-order valence-corrected chi connectivity index (χ0v) is 9.26. The number of hydrogen-bond donors (Lipinski definition) is 0. The summed E-state index contributed by atoms with van der Waals surface area (Å²) in [6.45, 7) is 2.96. The van der Waals surface area contributed by atoms with Crippen molar-refractivity contribution in [1.82, 2.24) is 4.98 Å². The van der Waals surface area contributed by atoms with Gasteiger partial charge in [0, 0.05) is 12.3 Å². The molecule has 1 heterocycles. The van der Waals surface area contributed by atoms with Crippen molar-refractivity contribution in [3.63, 3.8) is 0 Å². The van der Waals surface area contributed by atoms with Gasteiger partial charge < -0.3 is 4.74 Å². The zero-order valence-electron chi connectivity index (χ0n) is 8.50. The number of hydrogen-bond acceptors (Lipinski definition) is 2. The Balaban J connectivity index is 2.18. The van der Waals surface area contributed by atoms with Gasteiger partial charge in [-0.2, -0.15) is 0 Å². The Morgan fingerprint density at radius 2 is 2.21 bits per heavy atom. The molecule has 0 N–H and O–H groups in total. The van der Waals surface area contributed by atoms with Gasteiger partial charge in [0.15, 0.2) is 0 Å². The SMILES string of the molecule is CCCCCCOc1ccnc(Cl)c1. The molecule has 0 fully saturated rings. The van der Waals surface area contributed by atoms with Gasteiger partial charge in [0.05, 0.1) is 6.61 Å². The Morgan fingerprint density at radius 1 is 1.36 bits per heavy atom. The molecule has 0 saturated heterocycles. The van der Waals surface area contributed by atoms with Gasteiger partial charge in [-0.25, -0.2) is 4.98 Å². The summed E-state index contributed by atoms with van der Waals surface area (Å²) in [6, 6.07) is 3.56. The van der Waals surface area contributed by atoms with Gasteiger partial charge >= 0.3 is 0 Å². The van der Waals surface area contributed by atoms with Crippen molar-refractivity contribution in [3.8, 4) is 5.75 Å². The van der Waals surface area contributed by atoms with Crippen molar-refractivity contribution < 1.29 is 4.74 Å². The number of pyridine rings is 1. The molecular weight excluding hydrogens is 198 g/mol. The maximum absolute atomic E-state index is 5.72. The fourth-order valence-electron chi connectivity index (χ4n) is 1.19. The highest BCUT2D eigenvalue weighted by molar-refractivity contribution is 6.29. The first-order valence-electron chi connectivity index (χ1n) is 5.07. The van der Waals surface area contributed by atoms with E-state index in [-0.39, 0.29) is 0 Å². The standard InChI is InChI=1S/C11H16ClNO/c1-2-3-4-5-8-14-10-6-7-13-11(12)9-10/h6-7,9H,2-5,8H2,1H3. The van der Waals surface area contributed by atoms with Gasteiger partial charge in [-0.05, 0) is 12.5 Å². The summed E-state index contributed by atoms with van der Waals surface area (Å²) in [6.07, 6.45) is 6.52. The zero-order chi connectivity index (χ0) is 10.2. The van der Waals surface area contributed by atoms with Crippen molar-refractivity contribution in [1.29, 1.82) is 0 Å². The predicted molar refractivity (Wildman–Crippen MR) is 58.9 cm³/mol. The molecular formula is C11H16ClNO. The number of nitrogens with zero attached hydrogens (tertiary/aromatic N) is 1. The average Bonchev–Trinajstić information content (AvgIpc) is 2.18. The summed E-state index contributed by atoms with van der Waals surface area (Å²) in [5.74, 6) is 0.807. The smallest absolute Gasteiger partial charge is 0.132 e. The lowest BCUT2D eigenvalue weighted by Crippen LogP contribution is -1.97. The third kappa shape index (κ3) is 4.47. The summed E-state index contributed by atoms with van der Waals surface area (Å²) >= 11 is 5.72. The quantitative estimate of drug-likeness (QED) is 0.531. The fourth-order valence-corrected chi connectivity index (χ4v) is 1.36. The van der Waals surface area contributed by atoms with Crippen LogP contribution < -0.4 is 4.74 Å². The summed E-state index contributed by atoms with van der Waals surface area (Å²) in [5, 5.41) is 0.482. The molecule has 0 aromatic carbocycles. The minimum Gasteiger partial charge on any atom is -0.493 e. The predicted octanol–water partition coefficient (Wildman–Crippen LogP) is 3.69. The van der Waals surface area contributed by atoms with E-state index in [4.69, 9.17) is 16.3 Å². The van der Waals surface area contributed by atoms with E-state index in [1.165, 1.54) is 19.3 Å². The molecule has 2 nitrogen and oxygen atoms in total. The molecule has 0 bridgehead atoms. The molecule has 1 aromatic heterocycles. The van der Waals surface area contributed by atoms with Crippen LogP contribution in [0.2, 0.25) is 5.15 Å². The van der Waals surface area contributed by atoms with E-state index < -0.39 is 0 Å². The first kappa shape index (κ1) is 11.3. The largest absolute Gasteiger partial charge is 0.493 e. The molecule has 0 aliphatic carbocycles. The molecule has 3 heteroatoms. The van der Waals surface area contributed by atoms with Crippen LogP contribution in [0, 0.1) is 0 Å². The lowest BCUT2D eigenvalue weighted by Gasteiger charge is -2.05. The Bertz CT molecular complexity index is 265. The fraction of sp³-hybridized carbons (Fsp3) is 0.545. The van der Waals surface area contributed by atoms with Gasteiger partial charge in [0.1, 0.15) is 10.9 Å². The first-order chi connectivity index (χ1) is 6.83. The summed E-state index contributed by atoms with van der Waals surface area (Å²) in [5.41, 5.74) is 0. The van der Waals surface area contributed by atoms with E-state index in [2.05, 4.69) is 11.9 Å². The number of ether oxygens (including phenoxy) is 1. The molecule has 1 aromatic rings. The van der Waals surface area contributed by atoms with Crippen LogP contribution in [0.4, 0.5) is 0 Å². The van der Waals surface area contributed by atoms with Crippen molar-refractivity contribution >= 4 is 11.6 Å². The van der Waals surface area contributed by atoms with Gasteiger partial charge in [-0.15, -0.1) is 0 Å². The highest BCUT2D eigenvalue weighted by Crippen LogP contribution is 2.14. The van der Waals surface area contributed by atoms with Crippen LogP contribution in [0.25, 0.3) is 0 Å². The number of aromatic nitrogens is 1. The maximum atomic E-state index is 5.72. The molecule has 0 spiro atoms. The molecule has 1 rings (SSSR count). The number of rotatable bonds is 6. The molecule has 0 aliphatic heterocycles. The lowest BCUT2D eigenvalue weighted by atomic mass is 10.2. The summed E-state index contributed by atoms with van der Waals surface area (Å²) < 4.78 is 5.51. The van der Waals surface area contributed by atoms with Gasteiger partial charge in [0.25, 0.3) is 0 Å². The Hall–Kier alpha value is -0.760. The third-order valence-corrected chi connectivity index (χ3v) is 2.17. The van der Waals surface area contributed by atoms with Crippen molar-refractivity contribution in [2.45, 2.75) is 32.6 Å². The second kappa shape index (κ2) is 6.66. The Kier molecular flexibility index (Phi) is 5.38. The van der Waals surface area contributed by atoms with Crippen LogP contribution in [0.1, 0.15) is 32.6 Å². The van der Waals surface area contributed by atoms with Gasteiger partial charge in [-0.1, -0.05) is 37.8 Å². The molecule has 0 unspecified atom stereocenters. The molecule has 14 heavy (non-hydrogen) atoms. The van der Waals surface area contributed by atoms with Gasteiger partial charge in [0.2, 0.25) is 0 Å². The molecule has 0 amide bonds. The average molecular weight is 214 g/mol. The molecule has 0 saturated carbocycles. The molecule has 0 aliphatic rings. The van der Waals surface area contributed by atoms with E-state index in [1.54, 1.807) is 12.3 Å². The van der Waals surface area contributed by atoms with Crippen LogP contribution in [0.5, 0.6) is 5.75 Å². The monoisotopic (exact) mass is 213 g/mol. The minimum atomic E-state index is 0.482. The topological polar surface area (TPSA) is 22.1 Å². The van der Waals surface area contributed by atoms with E-state index >= 15 is 0 Å². The maximum Gasteiger partial charge on any atom is 0.132 e. The molecule has 0 atom stereocenters. The number of halogens is 1. The van der Waals surface area contributed by atoms with Crippen LogP contribution in [-0.2, 0) is 0 Å². The first-order valence-corrected chi connectivity index (χ1v) is 5.45. The van der Waals surface area contributed by atoms with Crippen LogP contribution in [0.3, 0.4) is 0 Å². The van der Waals surface area contributed by atoms with Gasteiger partial charge in [-0.3, -0.25) is 0 Å². The second-order valence-electron chi connectivity index (χ2n) is 3.22. The van der Waals surface area contributed by atoms with Crippen molar-refractivity contribution in [2.24, 2.45) is 0 Å². The van der Waals surface area contributed by atoms with Crippen LogP contribution in [0.15, 0.2) is 18.3 Å². The van der Waals surface area contributed by atoms with E-state index in [0.717, 1.165) is 18.8 Å².